The lowest BCUT2D eigenvalue weighted by molar-refractivity contribution is 0.0929. The number of aryl methyl sites for hydroxylation is 2. The van der Waals surface area contributed by atoms with Crippen LogP contribution in [0.4, 0.5) is 0 Å². The molecule has 4 heteroatoms. The molecule has 2 aromatic carbocycles. The third-order valence-electron chi connectivity index (χ3n) is 3.67. The molecular formula is C18H20N2O2. The number of para-hydroxylation sites is 2. The van der Waals surface area contributed by atoms with Gasteiger partial charge >= 0.3 is 0 Å². The number of rotatable bonds is 5. The summed E-state index contributed by atoms with van der Waals surface area (Å²) in [5.74, 6) is 1.68. The Morgan fingerprint density at radius 3 is 2.77 bits per heavy atom. The molecule has 0 aliphatic heterocycles. The monoisotopic (exact) mass is 296 g/mol. The van der Waals surface area contributed by atoms with E-state index in [4.69, 9.17) is 4.74 Å². The second kappa shape index (κ2) is 6.20. The van der Waals surface area contributed by atoms with Gasteiger partial charge in [0.15, 0.2) is 0 Å². The quantitative estimate of drug-likeness (QED) is 0.787. The van der Waals surface area contributed by atoms with E-state index in [-0.39, 0.29) is 6.61 Å². The average molecular weight is 296 g/mol. The number of benzene rings is 2. The highest BCUT2D eigenvalue weighted by Crippen LogP contribution is 2.17. The zero-order valence-electron chi connectivity index (χ0n) is 12.9. The molecule has 1 N–H and O–H groups in total. The summed E-state index contributed by atoms with van der Waals surface area (Å²) < 4.78 is 7.69. The molecule has 4 nitrogen and oxygen atoms in total. The van der Waals surface area contributed by atoms with Crippen molar-refractivity contribution < 1.29 is 9.84 Å². The van der Waals surface area contributed by atoms with Gasteiger partial charge in [-0.3, -0.25) is 0 Å². The van der Waals surface area contributed by atoms with Crippen molar-refractivity contribution in [2.45, 2.75) is 26.5 Å². The summed E-state index contributed by atoms with van der Waals surface area (Å²) in [5, 5.41) is 10.3. The van der Waals surface area contributed by atoms with Crippen LogP contribution in [0.3, 0.4) is 0 Å². The first-order valence-corrected chi connectivity index (χ1v) is 7.43. The Hall–Kier alpha value is -2.33. The van der Waals surface area contributed by atoms with Crippen LogP contribution in [0.15, 0.2) is 48.5 Å². The summed E-state index contributed by atoms with van der Waals surface area (Å²) in [6.07, 6.45) is -0.586. The van der Waals surface area contributed by atoms with Gasteiger partial charge in [0.2, 0.25) is 0 Å². The van der Waals surface area contributed by atoms with Gasteiger partial charge in [-0.05, 0) is 43.7 Å². The normalized spacial score (nSPS) is 12.5. The first-order valence-electron chi connectivity index (χ1n) is 7.43. The van der Waals surface area contributed by atoms with Crippen LogP contribution < -0.4 is 4.74 Å². The topological polar surface area (TPSA) is 47.3 Å². The number of aliphatic hydroxyl groups excluding tert-OH is 1. The second-order valence-corrected chi connectivity index (χ2v) is 5.54. The van der Waals surface area contributed by atoms with Crippen LogP contribution in [0.25, 0.3) is 11.0 Å². The van der Waals surface area contributed by atoms with Gasteiger partial charge in [0.25, 0.3) is 0 Å². The number of imidazole rings is 1. The van der Waals surface area contributed by atoms with Crippen molar-refractivity contribution in [3.8, 4) is 5.75 Å². The Balaban J connectivity index is 1.68. The SMILES string of the molecule is Cc1cccc(OC[C@H](O)Cn2c(C)nc3ccccc32)c1. The molecule has 0 radical (unpaired) electrons. The van der Waals surface area contributed by atoms with E-state index in [9.17, 15) is 5.11 Å². The zero-order chi connectivity index (χ0) is 15.5. The molecule has 0 amide bonds. The van der Waals surface area contributed by atoms with Crippen LogP contribution in [0, 0.1) is 13.8 Å². The molecule has 3 rings (SSSR count). The highest BCUT2D eigenvalue weighted by molar-refractivity contribution is 5.75. The molecule has 0 aliphatic carbocycles. The molecule has 114 valence electrons. The molecular weight excluding hydrogens is 276 g/mol. The predicted octanol–water partition coefficient (Wildman–Crippen LogP) is 3.09. The Bertz CT molecular complexity index is 780. The summed E-state index contributed by atoms with van der Waals surface area (Å²) in [4.78, 5) is 4.51. The van der Waals surface area contributed by atoms with E-state index in [0.717, 1.165) is 28.2 Å². The molecule has 1 heterocycles. The van der Waals surface area contributed by atoms with Crippen molar-refractivity contribution in [1.29, 1.82) is 0 Å². The lowest BCUT2D eigenvalue weighted by Crippen LogP contribution is -2.24. The standard InChI is InChI=1S/C18H20N2O2/c1-13-6-5-7-16(10-13)22-12-15(21)11-20-14(2)19-17-8-3-4-9-18(17)20/h3-10,15,21H,11-12H2,1-2H3/t15-/m1/s1. The third kappa shape index (κ3) is 3.12. The fraction of sp³-hybridized carbons (Fsp3) is 0.278. The van der Waals surface area contributed by atoms with Crippen LogP contribution in [-0.4, -0.2) is 27.4 Å². The molecule has 1 aromatic heterocycles. The average Bonchev–Trinajstić information content (AvgIpc) is 2.81. The van der Waals surface area contributed by atoms with Crippen molar-refractivity contribution in [3.63, 3.8) is 0 Å². The fourth-order valence-electron chi connectivity index (χ4n) is 2.59. The highest BCUT2D eigenvalue weighted by atomic mass is 16.5. The van der Waals surface area contributed by atoms with Gasteiger partial charge in [0.1, 0.15) is 24.3 Å². The maximum absolute atomic E-state index is 10.3. The summed E-state index contributed by atoms with van der Waals surface area (Å²) in [6, 6.07) is 15.8. The Morgan fingerprint density at radius 2 is 1.95 bits per heavy atom. The highest BCUT2D eigenvalue weighted by Gasteiger charge is 2.12. The van der Waals surface area contributed by atoms with Crippen LogP contribution in [-0.2, 0) is 6.54 Å². The summed E-state index contributed by atoms with van der Waals surface area (Å²) in [6.45, 7) is 4.70. The molecule has 0 aliphatic rings. The van der Waals surface area contributed by atoms with Gasteiger partial charge in [-0.1, -0.05) is 24.3 Å². The number of aliphatic hydroxyl groups is 1. The molecule has 0 saturated carbocycles. The summed E-state index contributed by atoms with van der Waals surface area (Å²) in [5.41, 5.74) is 3.13. The predicted molar refractivity (Wildman–Crippen MR) is 87.2 cm³/mol. The third-order valence-corrected chi connectivity index (χ3v) is 3.67. The molecule has 1 atom stereocenters. The number of hydrogen-bond donors (Lipinski definition) is 1. The zero-order valence-corrected chi connectivity index (χ0v) is 12.9. The van der Waals surface area contributed by atoms with Crippen LogP contribution in [0.5, 0.6) is 5.75 Å². The van der Waals surface area contributed by atoms with Gasteiger partial charge in [-0.25, -0.2) is 4.98 Å². The Labute approximate surface area is 130 Å². The van der Waals surface area contributed by atoms with Crippen LogP contribution >= 0.6 is 0 Å². The first-order chi connectivity index (χ1) is 10.6. The molecule has 0 bridgehead atoms. The Morgan fingerprint density at radius 1 is 1.14 bits per heavy atom. The minimum atomic E-state index is -0.586. The lowest BCUT2D eigenvalue weighted by atomic mass is 10.2. The first kappa shape index (κ1) is 14.6. The molecule has 0 spiro atoms. The van der Waals surface area contributed by atoms with Gasteiger partial charge in [0, 0.05) is 0 Å². The molecule has 3 aromatic rings. The smallest absolute Gasteiger partial charge is 0.119 e. The van der Waals surface area contributed by atoms with Gasteiger partial charge in [-0.15, -0.1) is 0 Å². The molecule has 22 heavy (non-hydrogen) atoms. The lowest BCUT2D eigenvalue weighted by Gasteiger charge is -2.15. The van der Waals surface area contributed by atoms with E-state index in [2.05, 4.69) is 4.98 Å². The number of ether oxygens (including phenoxy) is 1. The number of nitrogens with zero attached hydrogens (tertiary/aromatic N) is 2. The van der Waals surface area contributed by atoms with E-state index >= 15 is 0 Å². The second-order valence-electron chi connectivity index (χ2n) is 5.54. The van der Waals surface area contributed by atoms with Gasteiger partial charge in [-0.2, -0.15) is 0 Å². The fourth-order valence-corrected chi connectivity index (χ4v) is 2.59. The number of fused-ring (bicyclic) bond motifs is 1. The van der Waals surface area contributed by atoms with Gasteiger partial charge < -0.3 is 14.4 Å². The maximum atomic E-state index is 10.3. The van der Waals surface area contributed by atoms with E-state index in [0.29, 0.717) is 6.54 Å². The van der Waals surface area contributed by atoms with Crippen molar-refractivity contribution in [3.05, 3.63) is 59.9 Å². The summed E-state index contributed by atoms with van der Waals surface area (Å²) in [7, 11) is 0. The van der Waals surface area contributed by atoms with E-state index in [1.165, 1.54) is 0 Å². The van der Waals surface area contributed by atoms with Gasteiger partial charge in [0.05, 0.1) is 17.6 Å². The Kier molecular flexibility index (Phi) is 4.11. The van der Waals surface area contributed by atoms with E-state index in [1.807, 2.05) is 66.9 Å². The summed E-state index contributed by atoms with van der Waals surface area (Å²) >= 11 is 0. The maximum Gasteiger partial charge on any atom is 0.119 e. The van der Waals surface area contributed by atoms with E-state index in [1.54, 1.807) is 0 Å². The minimum absolute atomic E-state index is 0.259. The van der Waals surface area contributed by atoms with E-state index < -0.39 is 6.10 Å². The molecule has 0 unspecified atom stereocenters. The van der Waals surface area contributed by atoms with Crippen molar-refractivity contribution >= 4 is 11.0 Å². The van der Waals surface area contributed by atoms with Crippen LogP contribution in [0.2, 0.25) is 0 Å². The van der Waals surface area contributed by atoms with Crippen molar-refractivity contribution in [1.82, 2.24) is 9.55 Å². The minimum Gasteiger partial charge on any atom is -0.491 e. The number of hydrogen-bond acceptors (Lipinski definition) is 3. The van der Waals surface area contributed by atoms with Crippen LogP contribution in [0.1, 0.15) is 11.4 Å². The van der Waals surface area contributed by atoms with Crippen molar-refractivity contribution in [2.24, 2.45) is 0 Å². The molecule has 0 saturated heterocycles. The van der Waals surface area contributed by atoms with Crippen molar-refractivity contribution in [2.75, 3.05) is 6.61 Å². The largest absolute Gasteiger partial charge is 0.491 e. The molecule has 0 fully saturated rings. The number of aromatic nitrogens is 2.